The van der Waals surface area contributed by atoms with Gasteiger partial charge in [0.15, 0.2) is 16.6 Å². The SMILES string of the molecule is Cc1csc(N2CCN([C@H](C)c3ccc4c(c3)OCO4)CC2)n1. The Labute approximate surface area is 140 Å². The lowest BCUT2D eigenvalue weighted by Gasteiger charge is -2.38. The van der Waals surface area contributed by atoms with Gasteiger partial charge in [-0.1, -0.05) is 6.07 Å². The van der Waals surface area contributed by atoms with Crippen LogP contribution in [0.5, 0.6) is 11.5 Å². The second-order valence-corrected chi connectivity index (χ2v) is 6.92. The smallest absolute Gasteiger partial charge is 0.231 e. The Balaban J connectivity index is 1.41. The molecule has 5 nitrogen and oxygen atoms in total. The molecule has 0 amide bonds. The summed E-state index contributed by atoms with van der Waals surface area (Å²) in [5, 5.41) is 3.27. The third kappa shape index (κ3) is 2.88. The summed E-state index contributed by atoms with van der Waals surface area (Å²) < 4.78 is 10.9. The summed E-state index contributed by atoms with van der Waals surface area (Å²) in [5.41, 5.74) is 2.40. The number of thiazole rings is 1. The van der Waals surface area contributed by atoms with Crippen molar-refractivity contribution in [2.75, 3.05) is 37.9 Å². The second kappa shape index (κ2) is 6.02. The van der Waals surface area contributed by atoms with E-state index in [4.69, 9.17) is 9.47 Å². The van der Waals surface area contributed by atoms with E-state index in [9.17, 15) is 0 Å². The number of ether oxygens (including phenoxy) is 2. The number of aryl methyl sites for hydroxylation is 1. The number of benzene rings is 1. The highest BCUT2D eigenvalue weighted by atomic mass is 32.1. The van der Waals surface area contributed by atoms with Gasteiger partial charge in [-0.25, -0.2) is 4.98 Å². The van der Waals surface area contributed by atoms with Crippen LogP contribution in [0.25, 0.3) is 0 Å². The third-order valence-corrected chi connectivity index (χ3v) is 5.64. The first-order chi connectivity index (χ1) is 11.2. The first-order valence-corrected chi connectivity index (χ1v) is 8.89. The van der Waals surface area contributed by atoms with Gasteiger partial charge in [-0.2, -0.15) is 0 Å². The number of nitrogens with zero attached hydrogens (tertiary/aromatic N) is 3. The number of fused-ring (bicyclic) bond motifs is 1. The molecule has 1 aromatic carbocycles. The van der Waals surface area contributed by atoms with E-state index in [1.54, 1.807) is 11.3 Å². The van der Waals surface area contributed by atoms with E-state index < -0.39 is 0 Å². The second-order valence-electron chi connectivity index (χ2n) is 6.08. The fraction of sp³-hybridized carbons (Fsp3) is 0.471. The van der Waals surface area contributed by atoms with Gasteiger partial charge in [-0.05, 0) is 31.5 Å². The van der Waals surface area contributed by atoms with E-state index in [-0.39, 0.29) is 0 Å². The van der Waals surface area contributed by atoms with E-state index in [0.717, 1.165) is 48.5 Å². The van der Waals surface area contributed by atoms with Crippen LogP contribution in [0.2, 0.25) is 0 Å². The molecule has 1 saturated heterocycles. The van der Waals surface area contributed by atoms with Crippen LogP contribution in [0.4, 0.5) is 5.13 Å². The molecule has 1 fully saturated rings. The van der Waals surface area contributed by atoms with Gasteiger partial charge in [-0.3, -0.25) is 4.90 Å². The average Bonchev–Trinajstić information content (AvgIpc) is 3.22. The Morgan fingerprint density at radius 3 is 2.65 bits per heavy atom. The molecular formula is C17H21N3O2S. The summed E-state index contributed by atoms with van der Waals surface area (Å²) in [6.45, 7) is 8.81. The molecule has 4 rings (SSSR count). The van der Waals surface area contributed by atoms with Crippen molar-refractivity contribution in [2.24, 2.45) is 0 Å². The largest absolute Gasteiger partial charge is 0.454 e. The van der Waals surface area contributed by atoms with Gasteiger partial charge in [0.05, 0.1) is 5.69 Å². The monoisotopic (exact) mass is 331 g/mol. The topological polar surface area (TPSA) is 37.8 Å². The molecule has 2 aliphatic rings. The van der Waals surface area contributed by atoms with Crippen molar-refractivity contribution in [1.29, 1.82) is 0 Å². The number of aromatic nitrogens is 1. The van der Waals surface area contributed by atoms with Crippen LogP contribution in [0.1, 0.15) is 24.2 Å². The van der Waals surface area contributed by atoms with Crippen LogP contribution < -0.4 is 14.4 Å². The van der Waals surface area contributed by atoms with E-state index in [1.807, 2.05) is 6.07 Å². The molecule has 0 aliphatic carbocycles. The van der Waals surface area contributed by atoms with Crippen LogP contribution in [0.3, 0.4) is 0 Å². The van der Waals surface area contributed by atoms with Crippen molar-refractivity contribution in [3.05, 3.63) is 34.8 Å². The predicted octanol–water partition coefficient (Wildman–Crippen LogP) is 3.06. The molecule has 1 atom stereocenters. The Morgan fingerprint density at radius 1 is 1.13 bits per heavy atom. The number of hydrogen-bond acceptors (Lipinski definition) is 6. The Bertz CT molecular complexity index is 695. The fourth-order valence-electron chi connectivity index (χ4n) is 3.17. The molecule has 23 heavy (non-hydrogen) atoms. The van der Waals surface area contributed by atoms with Crippen LogP contribution in [0, 0.1) is 6.92 Å². The minimum atomic E-state index is 0.332. The molecule has 0 bridgehead atoms. The minimum absolute atomic E-state index is 0.332. The van der Waals surface area contributed by atoms with Crippen molar-refractivity contribution < 1.29 is 9.47 Å². The molecular weight excluding hydrogens is 310 g/mol. The Morgan fingerprint density at radius 2 is 1.91 bits per heavy atom. The number of rotatable bonds is 3. The van der Waals surface area contributed by atoms with E-state index in [1.165, 1.54) is 5.56 Å². The molecule has 0 N–H and O–H groups in total. The van der Waals surface area contributed by atoms with Gasteiger partial charge in [0.25, 0.3) is 0 Å². The molecule has 0 radical (unpaired) electrons. The highest BCUT2D eigenvalue weighted by Gasteiger charge is 2.24. The van der Waals surface area contributed by atoms with Gasteiger partial charge in [0.1, 0.15) is 0 Å². The lowest BCUT2D eigenvalue weighted by Crippen LogP contribution is -2.47. The number of piperazine rings is 1. The molecule has 1 aromatic heterocycles. The minimum Gasteiger partial charge on any atom is -0.454 e. The summed E-state index contributed by atoms with van der Waals surface area (Å²) in [6.07, 6.45) is 0. The quantitative estimate of drug-likeness (QED) is 0.864. The molecule has 122 valence electrons. The third-order valence-electron chi connectivity index (χ3n) is 4.62. The zero-order valence-corrected chi connectivity index (χ0v) is 14.3. The summed E-state index contributed by atoms with van der Waals surface area (Å²) in [7, 11) is 0. The van der Waals surface area contributed by atoms with Crippen molar-refractivity contribution >= 4 is 16.5 Å². The van der Waals surface area contributed by atoms with Gasteiger partial charge >= 0.3 is 0 Å². The van der Waals surface area contributed by atoms with E-state index in [2.05, 4.69) is 46.1 Å². The van der Waals surface area contributed by atoms with Crippen molar-refractivity contribution in [1.82, 2.24) is 9.88 Å². The number of hydrogen-bond donors (Lipinski definition) is 0. The zero-order valence-electron chi connectivity index (χ0n) is 13.5. The summed E-state index contributed by atoms with van der Waals surface area (Å²) in [5.74, 6) is 1.72. The van der Waals surface area contributed by atoms with Crippen molar-refractivity contribution in [2.45, 2.75) is 19.9 Å². The summed E-state index contributed by atoms with van der Waals surface area (Å²) in [4.78, 5) is 9.51. The maximum absolute atomic E-state index is 5.50. The van der Waals surface area contributed by atoms with Gasteiger partial charge in [0.2, 0.25) is 6.79 Å². The van der Waals surface area contributed by atoms with Crippen LogP contribution in [-0.4, -0.2) is 42.9 Å². The lowest BCUT2D eigenvalue weighted by atomic mass is 10.1. The van der Waals surface area contributed by atoms with Gasteiger partial charge in [-0.15, -0.1) is 11.3 Å². The van der Waals surface area contributed by atoms with Crippen LogP contribution in [-0.2, 0) is 0 Å². The molecule has 0 unspecified atom stereocenters. The highest BCUT2D eigenvalue weighted by molar-refractivity contribution is 7.13. The van der Waals surface area contributed by atoms with E-state index in [0.29, 0.717) is 12.8 Å². The summed E-state index contributed by atoms with van der Waals surface area (Å²) >= 11 is 1.74. The van der Waals surface area contributed by atoms with Crippen LogP contribution in [0.15, 0.2) is 23.6 Å². The maximum atomic E-state index is 5.50. The number of anilines is 1. The Kier molecular flexibility index (Phi) is 3.87. The maximum Gasteiger partial charge on any atom is 0.231 e. The Hall–Kier alpha value is -1.79. The first-order valence-electron chi connectivity index (χ1n) is 8.01. The van der Waals surface area contributed by atoms with E-state index >= 15 is 0 Å². The fourth-order valence-corrected chi connectivity index (χ4v) is 4.03. The standard InChI is InChI=1S/C17H21N3O2S/c1-12-10-23-17(18-12)20-7-5-19(6-8-20)13(2)14-3-4-15-16(9-14)22-11-21-15/h3-4,9-10,13H,5-8,11H2,1-2H3/t13-/m1/s1. The van der Waals surface area contributed by atoms with Gasteiger partial charge in [0, 0.05) is 37.6 Å². The molecule has 3 heterocycles. The van der Waals surface area contributed by atoms with Crippen LogP contribution >= 0.6 is 11.3 Å². The van der Waals surface area contributed by atoms with Crippen molar-refractivity contribution in [3.63, 3.8) is 0 Å². The molecule has 2 aromatic rings. The molecule has 6 heteroatoms. The van der Waals surface area contributed by atoms with Crippen molar-refractivity contribution in [3.8, 4) is 11.5 Å². The molecule has 0 spiro atoms. The normalized spacial score (nSPS) is 19.1. The lowest BCUT2D eigenvalue weighted by molar-refractivity contribution is 0.173. The predicted molar refractivity (Wildman–Crippen MR) is 91.6 cm³/mol. The zero-order chi connectivity index (χ0) is 15.8. The first kappa shape index (κ1) is 14.8. The summed E-state index contributed by atoms with van der Waals surface area (Å²) in [6, 6.07) is 6.66. The highest BCUT2D eigenvalue weighted by Crippen LogP contribution is 2.35. The van der Waals surface area contributed by atoms with Gasteiger partial charge < -0.3 is 14.4 Å². The average molecular weight is 331 g/mol. The molecule has 2 aliphatic heterocycles. The molecule has 0 saturated carbocycles.